The highest BCUT2D eigenvalue weighted by Crippen LogP contribution is 2.34. The fourth-order valence-electron chi connectivity index (χ4n) is 2.55. The number of imidazole rings is 1. The summed E-state index contributed by atoms with van der Waals surface area (Å²) < 4.78 is 7.26. The van der Waals surface area contributed by atoms with Gasteiger partial charge < -0.3 is 14.2 Å². The van der Waals surface area contributed by atoms with Crippen LogP contribution in [0, 0.1) is 6.92 Å². The van der Waals surface area contributed by atoms with Crippen LogP contribution in [0.1, 0.15) is 42.3 Å². The molecule has 6 nitrogen and oxygen atoms in total. The molecule has 0 saturated heterocycles. The molecule has 6 heteroatoms. The maximum Gasteiger partial charge on any atom is 0.321 e. The summed E-state index contributed by atoms with van der Waals surface area (Å²) in [6, 6.07) is 4.55. The van der Waals surface area contributed by atoms with Gasteiger partial charge in [-0.3, -0.25) is 0 Å². The number of aromatic nitrogens is 4. The van der Waals surface area contributed by atoms with Gasteiger partial charge in [-0.05, 0) is 31.4 Å². The minimum absolute atomic E-state index is 0.477. The summed E-state index contributed by atoms with van der Waals surface area (Å²) in [5, 5.41) is 7.17. The first-order valence-electron chi connectivity index (χ1n) is 7.30. The van der Waals surface area contributed by atoms with Crippen molar-refractivity contribution in [2.24, 2.45) is 0 Å². The number of hydrogen-bond donors (Lipinski definition) is 1. The van der Waals surface area contributed by atoms with E-state index in [-0.39, 0.29) is 0 Å². The number of aryl methyl sites for hydroxylation is 1. The topological polar surface area (TPSA) is 68.2 Å². The van der Waals surface area contributed by atoms with Crippen LogP contribution in [0.5, 0.6) is 0 Å². The third kappa shape index (κ3) is 2.37. The summed E-state index contributed by atoms with van der Waals surface area (Å²) >= 11 is 0. The minimum atomic E-state index is 0.477. The zero-order valence-corrected chi connectivity index (χ0v) is 11.9. The van der Waals surface area contributed by atoms with Gasteiger partial charge in [0.25, 0.3) is 0 Å². The number of rotatable bonds is 4. The molecule has 0 atom stereocenters. The number of pyridine rings is 1. The third-order valence-electron chi connectivity index (χ3n) is 3.98. The lowest BCUT2D eigenvalue weighted by molar-refractivity contribution is 0.366. The molecule has 0 aromatic carbocycles. The number of anilines is 1. The second-order valence-electron chi connectivity index (χ2n) is 5.64. The van der Waals surface area contributed by atoms with Gasteiger partial charge in [-0.15, -0.1) is 0 Å². The molecule has 1 N–H and O–H groups in total. The molecule has 3 aromatic rings. The molecule has 4 rings (SSSR count). The standard InChI is InChI=1S/C15H17N5O/c1-10-5-6-13-17-12(9-20(13)8-10)7-16-15-18-14(19-21-15)11-3-2-4-11/h5-6,8-9,11H,2-4,7H2,1H3,(H,16,18,19). The monoisotopic (exact) mass is 283 g/mol. The SMILES string of the molecule is Cc1ccc2nc(CNc3nc(C4CCC4)no3)cn2c1. The predicted molar refractivity (Wildman–Crippen MR) is 78.1 cm³/mol. The molecule has 0 spiro atoms. The van der Waals surface area contributed by atoms with Gasteiger partial charge in [-0.25, -0.2) is 4.98 Å². The number of hydrogen-bond acceptors (Lipinski definition) is 5. The van der Waals surface area contributed by atoms with Crippen molar-refractivity contribution in [2.45, 2.75) is 38.6 Å². The lowest BCUT2D eigenvalue weighted by Crippen LogP contribution is -2.10. The lowest BCUT2D eigenvalue weighted by atomic mass is 9.85. The average molecular weight is 283 g/mol. The van der Waals surface area contributed by atoms with Crippen molar-refractivity contribution >= 4 is 11.7 Å². The summed E-state index contributed by atoms with van der Waals surface area (Å²) in [6.07, 6.45) is 7.68. The lowest BCUT2D eigenvalue weighted by Gasteiger charge is -2.20. The zero-order valence-electron chi connectivity index (χ0n) is 11.9. The first-order chi connectivity index (χ1) is 10.3. The molecule has 0 unspecified atom stereocenters. The quantitative estimate of drug-likeness (QED) is 0.797. The highest BCUT2D eigenvalue weighted by Gasteiger charge is 2.24. The second kappa shape index (κ2) is 4.87. The van der Waals surface area contributed by atoms with Crippen LogP contribution in [0.2, 0.25) is 0 Å². The van der Waals surface area contributed by atoms with Gasteiger partial charge in [-0.1, -0.05) is 17.6 Å². The molecule has 3 heterocycles. The van der Waals surface area contributed by atoms with E-state index in [0.29, 0.717) is 18.5 Å². The Morgan fingerprint density at radius 1 is 1.29 bits per heavy atom. The summed E-state index contributed by atoms with van der Waals surface area (Å²) in [5.74, 6) is 1.32. The van der Waals surface area contributed by atoms with Crippen LogP contribution < -0.4 is 5.32 Å². The fraction of sp³-hybridized carbons (Fsp3) is 0.400. The van der Waals surface area contributed by atoms with Crippen LogP contribution in [0.15, 0.2) is 29.0 Å². The average Bonchev–Trinajstić information content (AvgIpc) is 3.00. The highest BCUT2D eigenvalue weighted by molar-refractivity contribution is 5.41. The van der Waals surface area contributed by atoms with E-state index in [1.807, 2.05) is 16.7 Å². The largest absolute Gasteiger partial charge is 0.332 e. The third-order valence-corrected chi connectivity index (χ3v) is 3.98. The molecule has 0 amide bonds. The molecule has 0 radical (unpaired) electrons. The second-order valence-corrected chi connectivity index (χ2v) is 5.64. The molecule has 1 aliphatic rings. The number of nitrogens with zero attached hydrogens (tertiary/aromatic N) is 4. The van der Waals surface area contributed by atoms with Crippen LogP contribution in [0.3, 0.4) is 0 Å². The highest BCUT2D eigenvalue weighted by atomic mass is 16.5. The van der Waals surface area contributed by atoms with E-state index < -0.39 is 0 Å². The molecular formula is C15H17N5O. The normalized spacial score (nSPS) is 15.3. The van der Waals surface area contributed by atoms with E-state index in [0.717, 1.165) is 17.2 Å². The van der Waals surface area contributed by atoms with Crippen molar-refractivity contribution in [1.82, 2.24) is 19.5 Å². The first kappa shape index (κ1) is 12.4. The van der Waals surface area contributed by atoms with Crippen LogP contribution in [0.25, 0.3) is 5.65 Å². The van der Waals surface area contributed by atoms with Crippen molar-refractivity contribution in [3.8, 4) is 0 Å². The molecule has 0 aliphatic heterocycles. The Morgan fingerprint density at radius 2 is 2.19 bits per heavy atom. The van der Waals surface area contributed by atoms with Gasteiger partial charge in [-0.2, -0.15) is 4.98 Å². The van der Waals surface area contributed by atoms with E-state index in [2.05, 4.69) is 39.6 Å². The summed E-state index contributed by atoms with van der Waals surface area (Å²) in [6.45, 7) is 2.64. The molecule has 1 saturated carbocycles. The maximum absolute atomic E-state index is 5.23. The Balaban J connectivity index is 1.46. The molecule has 21 heavy (non-hydrogen) atoms. The van der Waals surface area contributed by atoms with Crippen LogP contribution in [0.4, 0.5) is 6.01 Å². The predicted octanol–water partition coefficient (Wildman–Crippen LogP) is 2.91. The van der Waals surface area contributed by atoms with Crippen LogP contribution >= 0.6 is 0 Å². The van der Waals surface area contributed by atoms with Gasteiger partial charge in [0, 0.05) is 18.3 Å². The number of nitrogens with one attached hydrogen (secondary N) is 1. The Labute approximate surface area is 122 Å². The van der Waals surface area contributed by atoms with Gasteiger partial charge >= 0.3 is 6.01 Å². The van der Waals surface area contributed by atoms with Crippen LogP contribution in [-0.2, 0) is 6.54 Å². The summed E-state index contributed by atoms with van der Waals surface area (Å²) in [4.78, 5) is 8.94. The number of fused-ring (bicyclic) bond motifs is 1. The van der Waals surface area contributed by atoms with Crippen molar-refractivity contribution in [2.75, 3.05) is 5.32 Å². The van der Waals surface area contributed by atoms with Gasteiger partial charge in [0.2, 0.25) is 0 Å². The zero-order chi connectivity index (χ0) is 14.2. The van der Waals surface area contributed by atoms with E-state index in [4.69, 9.17) is 4.52 Å². The molecular weight excluding hydrogens is 266 g/mol. The van der Waals surface area contributed by atoms with E-state index in [9.17, 15) is 0 Å². The van der Waals surface area contributed by atoms with Gasteiger partial charge in [0.1, 0.15) is 5.65 Å². The van der Waals surface area contributed by atoms with E-state index in [1.54, 1.807) is 0 Å². The Hall–Kier alpha value is -2.37. The molecule has 1 aliphatic carbocycles. The Kier molecular flexibility index (Phi) is 2.87. The van der Waals surface area contributed by atoms with Gasteiger partial charge in [0.05, 0.1) is 12.2 Å². The van der Waals surface area contributed by atoms with Crippen molar-refractivity contribution in [3.05, 3.63) is 41.6 Å². The Bertz CT molecular complexity index is 771. The smallest absolute Gasteiger partial charge is 0.321 e. The van der Waals surface area contributed by atoms with E-state index >= 15 is 0 Å². The summed E-state index contributed by atoms with van der Waals surface area (Å²) in [7, 11) is 0. The summed E-state index contributed by atoms with van der Waals surface area (Å²) in [5.41, 5.74) is 3.10. The fourth-order valence-corrected chi connectivity index (χ4v) is 2.55. The van der Waals surface area contributed by atoms with E-state index in [1.165, 1.54) is 24.8 Å². The minimum Gasteiger partial charge on any atom is -0.332 e. The molecule has 0 bridgehead atoms. The van der Waals surface area contributed by atoms with Gasteiger partial charge in [0.15, 0.2) is 5.82 Å². The van der Waals surface area contributed by atoms with Crippen molar-refractivity contribution in [3.63, 3.8) is 0 Å². The molecule has 108 valence electrons. The molecule has 1 fully saturated rings. The van der Waals surface area contributed by atoms with Crippen LogP contribution in [-0.4, -0.2) is 19.5 Å². The Morgan fingerprint density at radius 3 is 3.00 bits per heavy atom. The molecule has 3 aromatic heterocycles. The first-order valence-corrected chi connectivity index (χ1v) is 7.30. The van der Waals surface area contributed by atoms with Crippen molar-refractivity contribution in [1.29, 1.82) is 0 Å². The maximum atomic E-state index is 5.23. The van der Waals surface area contributed by atoms with Crippen molar-refractivity contribution < 1.29 is 4.52 Å².